The van der Waals surface area contributed by atoms with E-state index in [1.807, 2.05) is 0 Å². The standard InChI is InChI=1S/C8H16N4O5/c9-5(7(15)16)2-1-3-11-8(10)12-17-4-6(13)14/h5H,1-4,9H2,(H,13,14)(H,15,16)(H3,10,11,12). The number of carbonyl (C=O) groups is 2. The molecule has 0 heterocycles. The first-order valence-electron chi connectivity index (χ1n) is 4.83. The second-order valence-corrected chi connectivity index (χ2v) is 3.16. The van der Waals surface area contributed by atoms with Gasteiger partial charge < -0.3 is 31.8 Å². The first-order chi connectivity index (χ1) is 7.93. The highest BCUT2D eigenvalue weighted by molar-refractivity contribution is 5.77. The van der Waals surface area contributed by atoms with Crippen LogP contribution in [0, 0.1) is 0 Å². The van der Waals surface area contributed by atoms with Crippen molar-refractivity contribution >= 4 is 17.9 Å². The first-order valence-corrected chi connectivity index (χ1v) is 4.83. The van der Waals surface area contributed by atoms with E-state index in [4.69, 9.17) is 21.7 Å². The molecule has 9 nitrogen and oxygen atoms in total. The van der Waals surface area contributed by atoms with Crippen molar-refractivity contribution in [2.45, 2.75) is 18.9 Å². The molecule has 0 fully saturated rings. The third kappa shape index (κ3) is 8.93. The number of carboxylic acids is 2. The Balaban J connectivity index is 3.60. The Kier molecular flexibility index (Phi) is 7.19. The van der Waals surface area contributed by atoms with Crippen LogP contribution in [-0.4, -0.2) is 47.3 Å². The van der Waals surface area contributed by atoms with Crippen LogP contribution in [0.4, 0.5) is 0 Å². The van der Waals surface area contributed by atoms with Crippen LogP contribution < -0.4 is 16.8 Å². The quantitative estimate of drug-likeness (QED) is 0.144. The molecule has 0 aromatic carbocycles. The van der Waals surface area contributed by atoms with Gasteiger partial charge in [-0.15, -0.1) is 0 Å². The predicted molar refractivity (Wildman–Crippen MR) is 58.1 cm³/mol. The Morgan fingerprint density at radius 3 is 2.59 bits per heavy atom. The maximum absolute atomic E-state index is 10.4. The number of guanidine groups is 1. The molecule has 0 aliphatic carbocycles. The zero-order chi connectivity index (χ0) is 13.3. The molecule has 1 unspecified atom stereocenters. The molecule has 0 aromatic rings. The van der Waals surface area contributed by atoms with E-state index in [0.717, 1.165) is 0 Å². The van der Waals surface area contributed by atoms with Gasteiger partial charge >= 0.3 is 11.9 Å². The highest BCUT2D eigenvalue weighted by atomic mass is 16.6. The lowest BCUT2D eigenvalue weighted by Gasteiger charge is -2.07. The Hall–Kier alpha value is -2.03. The van der Waals surface area contributed by atoms with Gasteiger partial charge in [0.05, 0.1) is 0 Å². The van der Waals surface area contributed by atoms with Gasteiger partial charge in [0.25, 0.3) is 0 Å². The maximum Gasteiger partial charge on any atom is 0.344 e. The van der Waals surface area contributed by atoms with Gasteiger partial charge in [0.1, 0.15) is 6.04 Å². The Morgan fingerprint density at radius 2 is 2.06 bits per heavy atom. The van der Waals surface area contributed by atoms with Crippen LogP contribution in [0.2, 0.25) is 0 Å². The Bertz CT molecular complexity index is 294. The molecule has 98 valence electrons. The lowest BCUT2D eigenvalue weighted by Crippen LogP contribution is -2.35. The number of nitrogens with two attached hydrogens (primary N) is 2. The van der Waals surface area contributed by atoms with Gasteiger partial charge in [0.2, 0.25) is 12.6 Å². The van der Waals surface area contributed by atoms with Crippen LogP contribution in [0.5, 0.6) is 0 Å². The Morgan fingerprint density at radius 1 is 1.41 bits per heavy atom. The number of aliphatic carboxylic acids is 2. The van der Waals surface area contributed by atoms with Crippen LogP contribution in [0.25, 0.3) is 0 Å². The summed E-state index contributed by atoms with van der Waals surface area (Å²) in [5, 5.41) is 22.6. The third-order valence-corrected chi connectivity index (χ3v) is 1.67. The summed E-state index contributed by atoms with van der Waals surface area (Å²) in [5.74, 6) is -2.29. The van der Waals surface area contributed by atoms with Gasteiger partial charge in [0, 0.05) is 6.54 Å². The van der Waals surface area contributed by atoms with Gasteiger partial charge in [-0.3, -0.25) is 4.79 Å². The van der Waals surface area contributed by atoms with Crippen LogP contribution in [-0.2, 0) is 14.4 Å². The van der Waals surface area contributed by atoms with Gasteiger partial charge in [-0.05, 0) is 18.0 Å². The molecule has 0 spiro atoms. The van der Waals surface area contributed by atoms with Gasteiger partial charge in [-0.2, -0.15) is 0 Å². The lowest BCUT2D eigenvalue weighted by molar-refractivity contribution is -0.142. The molecule has 7 N–H and O–H groups in total. The molecule has 0 aliphatic rings. The van der Waals surface area contributed by atoms with Crippen molar-refractivity contribution in [3.63, 3.8) is 0 Å². The lowest BCUT2D eigenvalue weighted by atomic mass is 10.2. The molecule has 0 radical (unpaired) electrons. The van der Waals surface area contributed by atoms with E-state index in [9.17, 15) is 9.59 Å². The summed E-state index contributed by atoms with van der Waals surface area (Å²) < 4.78 is 0. The van der Waals surface area contributed by atoms with Crippen molar-refractivity contribution in [1.29, 1.82) is 0 Å². The highest BCUT2D eigenvalue weighted by Crippen LogP contribution is 1.92. The van der Waals surface area contributed by atoms with Crippen LogP contribution in [0.1, 0.15) is 12.8 Å². The molecule has 0 aromatic heterocycles. The molecule has 0 rings (SSSR count). The molecular weight excluding hydrogens is 232 g/mol. The van der Waals surface area contributed by atoms with Crippen LogP contribution >= 0.6 is 0 Å². The number of hydrogen-bond donors (Lipinski definition) is 5. The minimum Gasteiger partial charge on any atom is -0.480 e. The summed E-state index contributed by atoms with van der Waals surface area (Å²) in [7, 11) is 0. The third-order valence-electron chi connectivity index (χ3n) is 1.67. The van der Waals surface area contributed by atoms with Gasteiger partial charge in [0.15, 0.2) is 0 Å². The zero-order valence-electron chi connectivity index (χ0n) is 9.13. The summed E-state index contributed by atoms with van der Waals surface area (Å²) >= 11 is 0. The molecule has 17 heavy (non-hydrogen) atoms. The number of nitrogens with one attached hydrogen (secondary N) is 1. The predicted octanol–water partition coefficient (Wildman–Crippen LogP) is -1.90. The van der Waals surface area contributed by atoms with E-state index in [1.54, 1.807) is 0 Å². The van der Waals surface area contributed by atoms with Gasteiger partial charge in [-0.25, -0.2) is 4.79 Å². The van der Waals surface area contributed by atoms with Gasteiger partial charge in [-0.1, -0.05) is 0 Å². The normalized spacial score (nSPS) is 12.9. The van der Waals surface area contributed by atoms with Crippen molar-refractivity contribution in [3.05, 3.63) is 0 Å². The summed E-state index contributed by atoms with van der Waals surface area (Å²) in [6.45, 7) is -0.209. The van der Waals surface area contributed by atoms with E-state index < -0.39 is 24.6 Å². The average molecular weight is 248 g/mol. The van der Waals surface area contributed by atoms with E-state index in [1.165, 1.54) is 0 Å². The minimum absolute atomic E-state index is 0.0739. The minimum atomic E-state index is -1.16. The maximum atomic E-state index is 10.4. The molecule has 0 saturated heterocycles. The average Bonchev–Trinajstić information content (AvgIpc) is 2.23. The van der Waals surface area contributed by atoms with Crippen LogP contribution in [0.3, 0.4) is 0 Å². The fraction of sp³-hybridized carbons (Fsp3) is 0.625. The summed E-state index contributed by atoms with van der Waals surface area (Å²) in [5.41, 5.74) is 10.6. The molecule has 0 saturated carbocycles. The molecule has 9 heteroatoms. The summed E-state index contributed by atoms with van der Waals surface area (Å²) in [6, 6.07) is -0.904. The molecule has 0 aliphatic heterocycles. The molecule has 0 bridgehead atoms. The number of nitrogens with zero attached hydrogens (tertiary/aromatic N) is 1. The number of rotatable bonds is 8. The molecule has 0 amide bonds. The van der Waals surface area contributed by atoms with Crippen molar-refractivity contribution < 1.29 is 24.6 Å². The zero-order valence-corrected chi connectivity index (χ0v) is 9.13. The van der Waals surface area contributed by atoms with E-state index in [-0.39, 0.29) is 5.96 Å². The monoisotopic (exact) mass is 248 g/mol. The number of carboxylic acid groups (broad SMARTS) is 2. The second-order valence-electron chi connectivity index (χ2n) is 3.16. The van der Waals surface area contributed by atoms with Crippen molar-refractivity contribution in [1.82, 2.24) is 5.32 Å². The number of oxime groups is 1. The molecular formula is C8H16N4O5. The van der Waals surface area contributed by atoms with Crippen molar-refractivity contribution in [2.24, 2.45) is 16.6 Å². The van der Waals surface area contributed by atoms with Crippen molar-refractivity contribution in [2.75, 3.05) is 13.2 Å². The topological polar surface area (TPSA) is 160 Å². The van der Waals surface area contributed by atoms with E-state index in [2.05, 4.69) is 15.3 Å². The fourth-order valence-corrected chi connectivity index (χ4v) is 0.851. The fourth-order valence-electron chi connectivity index (χ4n) is 0.851. The number of hydrogen-bond acceptors (Lipinski definition) is 5. The largest absolute Gasteiger partial charge is 0.480 e. The first kappa shape index (κ1) is 15.0. The Labute approximate surface area is 97.4 Å². The van der Waals surface area contributed by atoms with E-state index in [0.29, 0.717) is 19.4 Å². The van der Waals surface area contributed by atoms with Crippen molar-refractivity contribution in [3.8, 4) is 0 Å². The summed E-state index contributed by atoms with van der Waals surface area (Å²) in [4.78, 5) is 24.8. The highest BCUT2D eigenvalue weighted by Gasteiger charge is 2.09. The van der Waals surface area contributed by atoms with E-state index >= 15 is 0 Å². The molecule has 1 atom stereocenters. The SMILES string of the molecule is N/C(=N\OCC(=O)O)NCCCC(N)C(=O)O. The second kappa shape index (κ2) is 8.16. The summed E-state index contributed by atoms with van der Waals surface area (Å²) in [6.07, 6.45) is 0.786. The van der Waals surface area contributed by atoms with Crippen LogP contribution in [0.15, 0.2) is 5.16 Å². The smallest absolute Gasteiger partial charge is 0.344 e.